The quantitative estimate of drug-likeness (QED) is 0.270. The Morgan fingerprint density at radius 3 is 2.65 bits per heavy atom. The van der Waals surface area contributed by atoms with Gasteiger partial charge < -0.3 is 9.30 Å². The summed E-state index contributed by atoms with van der Waals surface area (Å²) in [7, 11) is 1.85. The molecule has 0 saturated carbocycles. The van der Waals surface area contributed by atoms with Crippen molar-refractivity contribution in [3.05, 3.63) is 68.5 Å². The Bertz CT molecular complexity index is 915. The third kappa shape index (κ3) is 4.77. The molecule has 1 aromatic heterocycles. The van der Waals surface area contributed by atoms with Crippen LogP contribution in [-0.4, -0.2) is 26.3 Å². The first-order chi connectivity index (χ1) is 12.5. The van der Waals surface area contributed by atoms with Crippen LogP contribution in [0, 0.1) is 3.57 Å². The van der Waals surface area contributed by atoms with Gasteiger partial charge in [0.15, 0.2) is 16.8 Å². The monoisotopic (exact) mass is 499 g/mol. The van der Waals surface area contributed by atoms with Crippen LogP contribution < -0.4 is 4.74 Å². The van der Waals surface area contributed by atoms with Crippen LogP contribution in [0.15, 0.2) is 53.7 Å². The number of hydrogen-bond acceptors (Lipinski definition) is 5. The molecule has 0 amide bonds. The van der Waals surface area contributed by atoms with Crippen LogP contribution >= 0.6 is 46.0 Å². The van der Waals surface area contributed by atoms with Crippen molar-refractivity contribution in [2.24, 2.45) is 7.05 Å². The van der Waals surface area contributed by atoms with E-state index >= 15 is 0 Å². The molecular weight excluding hydrogens is 485 g/mol. The molecule has 0 aliphatic heterocycles. The van der Waals surface area contributed by atoms with Crippen molar-refractivity contribution in [3.63, 3.8) is 0 Å². The van der Waals surface area contributed by atoms with Crippen molar-refractivity contribution in [2.45, 2.75) is 11.8 Å². The molecule has 0 unspecified atom stereocenters. The van der Waals surface area contributed by atoms with Crippen molar-refractivity contribution in [2.75, 3.05) is 5.75 Å². The number of para-hydroxylation sites is 1. The highest BCUT2D eigenvalue weighted by atomic mass is 127. The summed E-state index contributed by atoms with van der Waals surface area (Å²) in [5, 5.41) is 9.49. The molecule has 3 rings (SSSR count). The molecule has 0 radical (unpaired) electrons. The molecule has 2 aromatic carbocycles. The Labute approximate surface area is 174 Å². The number of ether oxygens (including phenoxy) is 1. The number of ketones is 1. The second kappa shape index (κ2) is 8.88. The van der Waals surface area contributed by atoms with Crippen LogP contribution in [0.2, 0.25) is 5.02 Å². The molecule has 0 fully saturated rings. The third-order valence-electron chi connectivity index (χ3n) is 3.62. The molecule has 26 heavy (non-hydrogen) atoms. The first kappa shape index (κ1) is 19.2. The second-order valence-electron chi connectivity index (χ2n) is 5.40. The SMILES string of the molecule is Cn1c(COc2ccccc2Cl)nnc1SCC(=O)c1ccc(I)cc1. The Morgan fingerprint density at radius 2 is 1.92 bits per heavy atom. The number of halogens is 2. The lowest BCUT2D eigenvalue weighted by Crippen LogP contribution is -2.06. The molecule has 0 bridgehead atoms. The van der Waals surface area contributed by atoms with Gasteiger partial charge in [-0.1, -0.05) is 47.6 Å². The Morgan fingerprint density at radius 1 is 1.19 bits per heavy atom. The van der Waals surface area contributed by atoms with Crippen molar-refractivity contribution in [1.29, 1.82) is 0 Å². The molecule has 0 aliphatic rings. The molecule has 0 atom stereocenters. The summed E-state index contributed by atoms with van der Waals surface area (Å²) in [5.41, 5.74) is 0.697. The summed E-state index contributed by atoms with van der Waals surface area (Å²) >= 11 is 9.65. The van der Waals surface area contributed by atoms with E-state index < -0.39 is 0 Å². The number of hydrogen-bond donors (Lipinski definition) is 0. The highest BCUT2D eigenvalue weighted by Crippen LogP contribution is 2.24. The van der Waals surface area contributed by atoms with Crippen LogP contribution in [0.3, 0.4) is 0 Å². The van der Waals surface area contributed by atoms with Gasteiger partial charge >= 0.3 is 0 Å². The van der Waals surface area contributed by atoms with Crippen LogP contribution in [0.1, 0.15) is 16.2 Å². The van der Waals surface area contributed by atoms with Crippen LogP contribution in [0.5, 0.6) is 5.75 Å². The van der Waals surface area contributed by atoms with Crippen molar-refractivity contribution in [3.8, 4) is 5.75 Å². The first-order valence-electron chi connectivity index (χ1n) is 7.72. The van der Waals surface area contributed by atoms with Crippen LogP contribution in [0.4, 0.5) is 0 Å². The van der Waals surface area contributed by atoms with Gasteiger partial charge in [0, 0.05) is 16.2 Å². The van der Waals surface area contributed by atoms with E-state index in [4.69, 9.17) is 16.3 Å². The van der Waals surface area contributed by atoms with Crippen LogP contribution in [-0.2, 0) is 13.7 Å². The van der Waals surface area contributed by atoms with E-state index in [-0.39, 0.29) is 12.4 Å². The Kier molecular flexibility index (Phi) is 6.55. The summed E-state index contributed by atoms with van der Waals surface area (Å²) in [6, 6.07) is 14.8. The van der Waals surface area contributed by atoms with Crippen molar-refractivity contribution < 1.29 is 9.53 Å². The predicted molar refractivity (Wildman–Crippen MR) is 111 cm³/mol. The number of rotatable bonds is 7. The molecule has 5 nitrogen and oxygen atoms in total. The number of benzene rings is 2. The predicted octanol–water partition coefficient (Wildman–Crippen LogP) is 4.63. The lowest BCUT2D eigenvalue weighted by atomic mass is 10.2. The Balaban J connectivity index is 1.59. The van der Waals surface area contributed by atoms with Crippen molar-refractivity contribution in [1.82, 2.24) is 14.8 Å². The number of nitrogens with zero attached hydrogens (tertiary/aromatic N) is 3. The zero-order valence-electron chi connectivity index (χ0n) is 13.9. The molecule has 1 heterocycles. The summed E-state index contributed by atoms with van der Waals surface area (Å²) in [5.74, 6) is 1.62. The maximum Gasteiger partial charge on any atom is 0.191 e. The fourth-order valence-electron chi connectivity index (χ4n) is 2.15. The average Bonchev–Trinajstić information content (AvgIpc) is 2.99. The van der Waals surface area contributed by atoms with Gasteiger partial charge in [-0.2, -0.15) is 0 Å². The summed E-state index contributed by atoms with van der Waals surface area (Å²) < 4.78 is 8.61. The van der Waals surface area contributed by atoms with E-state index in [1.54, 1.807) is 12.1 Å². The van der Waals surface area contributed by atoms with Gasteiger partial charge in [-0.15, -0.1) is 10.2 Å². The number of aromatic nitrogens is 3. The molecule has 0 N–H and O–H groups in total. The number of thioether (sulfide) groups is 1. The minimum Gasteiger partial charge on any atom is -0.484 e. The molecule has 0 aliphatic carbocycles. The van der Waals surface area contributed by atoms with Gasteiger partial charge in [-0.25, -0.2) is 0 Å². The summed E-state index contributed by atoms with van der Waals surface area (Å²) in [6.45, 7) is 0.249. The minimum atomic E-state index is 0.0586. The molecular formula is C18H15ClIN3O2S. The summed E-state index contributed by atoms with van der Waals surface area (Å²) in [4.78, 5) is 12.3. The number of carbonyl (C=O) groups is 1. The van der Waals surface area contributed by atoms with Gasteiger partial charge in [-0.05, 0) is 46.9 Å². The van der Waals surface area contributed by atoms with E-state index in [0.717, 1.165) is 3.57 Å². The molecule has 0 saturated heterocycles. The lowest BCUT2D eigenvalue weighted by Gasteiger charge is -2.07. The molecule has 134 valence electrons. The highest BCUT2D eigenvalue weighted by molar-refractivity contribution is 14.1. The van der Waals surface area contributed by atoms with E-state index in [1.807, 2.05) is 48.0 Å². The molecule has 3 aromatic rings. The number of carbonyl (C=O) groups excluding carboxylic acids is 1. The fourth-order valence-corrected chi connectivity index (χ4v) is 3.52. The van der Waals surface area contributed by atoms with Gasteiger partial charge in [0.25, 0.3) is 0 Å². The van der Waals surface area contributed by atoms with E-state index in [0.29, 0.717) is 33.1 Å². The second-order valence-corrected chi connectivity index (χ2v) is 7.99. The van der Waals surface area contributed by atoms with E-state index in [9.17, 15) is 4.79 Å². The maximum absolute atomic E-state index is 12.3. The molecule has 8 heteroatoms. The topological polar surface area (TPSA) is 57.0 Å². The standard InChI is InChI=1S/C18H15ClIN3O2S/c1-23-17(10-25-16-5-3-2-4-14(16)19)21-22-18(23)26-11-15(24)12-6-8-13(20)9-7-12/h2-9H,10-11H2,1H3. The van der Waals surface area contributed by atoms with Crippen LogP contribution in [0.25, 0.3) is 0 Å². The zero-order valence-corrected chi connectivity index (χ0v) is 17.6. The van der Waals surface area contributed by atoms with E-state index in [2.05, 4.69) is 32.8 Å². The largest absolute Gasteiger partial charge is 0.484 e. The smallest absolute Gasteiger partial charge is 0.191 e. The third-order valence-corrected chi connectivity index (χ3v) is 5.67. The minimum absolute atomic E-state index is 0.0586. The Hall–Kier alpha value is -1.58. The average molecular weight is 500 g/mol. The van der Waals surface area contributed by atoms with Crippen molar-refractivity contribution >= 4 is 51.7 Å². The van der Waals surface area contributed by atoms with E-state index in [1.165, 1.54) is 11.8 Å². The zero-order chi connectivity index (χ0) is 18.5. The number of Topliss-reactive ketones (excluding diaryl/α,β-unsaturated/α-hetero) is 1. The van der Waals surface area contributed by atoms with Gasteiger partial charge in [0.1, 0.15) is 12.4 Å². The maximum atomic E-state index is 12.3. The van der Waals surface area contributed by atoms with Gasteiger partial charge in [-0.3, -0.25) is 4.79 Å². The molecule has 0 spiro atoms. The fraction of sp³-hybridized carbons (Fsp3) is 0.167. The highest BCUT2D eigenvalue weighted by Gasteiger charge is 2.13. The van der Waals surface area contributed by atoms with Gasteiger partial charge in [0.05, 0.1) is 10.8 Å². The normalized spacial score (nSPS) is 10.7. The van der Waals surface area contributed by atoms with Gasteiger partial charge in [0.2, 0.25) is 0 Å². The first-order valence-corrected chi connectivity index (χ1v) is 10.2. The lowest BCUT2D eigenvalue weighted by molar-refractivity contribution is 0.102. The summed E-state index contributed by atoms with van der Waals surface area (Å²) in [6.07, 6.45) is 0.